The topological polar surface area (TPSA) is 73.7 Å². The number of carbonyl (C=O) groups excluding carboxylic acids is 2. The van der Waals surface area contributed by atoms with Gasteiger partial charge in [-0.3, -0.25) is 14.6 Å². The summed E-state index contributed by atoms with van der Waals surface area (Å²) in [5, 5.41) is 10.2. The fourth-order valence-corrected chi connectivity index (χ4v) is 5.28. The van der Waals surface area contributed by atoms with E-state index in [1.54, 1.807) is 29.3 Å². The molecule has 0 radical (unpaired) electrons. The molecular weight excluding hydrogens is 366 g/mol. The molecule has 3 heterocycles. The SMILES string of the molecule is O=C(C1CCC1)N1CC2(C1)[C@H](c1ccccc1)[C@H](CO)N2C(=O)c1ccccn1. The number of carbonyl (C=O) groups is 2. The van der Waals surface area contributed by atoms with Crippen LogP contribution in [-0.2, 0) is 4.79 Å². The number of amides is 2. The predicted octanol–water partition coefficient (Wildman–Crippen LogP) is 2.06. The average molecular weight is 391 g/mol. The first-order valence-electron chi connectivity index (χ1n) is 10.3. The van der Waals surface area contributed by atoms with Crippen molar-refractivity contribution >= 4 is 11.8 Å². The van der Waals surface area contributed by atoms with Gasteiger partial charge in [-0.1, -0.05) is 42.8 Å². The molecule has 1 aliphatic carbocycles. The van der Waals surface area contributed by atoms with Crippen molar-refractivity contribution in [1.82, 2.24) is 14.8 Å². The van der Waals surface area contributed by atoms with Crippen molar-refractivity contribution in [2.24, 2.45) is 5.92 Å². The molecular formula is C23H25N3O3. The van der Waals surface area contributed by atoms with Gasteiger partial charge in [0.1, 0.15) is 5.69 Å². The van der Waals surface area contributed by atoms with E-state index >= 15 is 0 Å². The van der Waals surface area contributed by atoms with Crippen molar-refractivity contribution < 1.29 is 14.7 Å². The molecule has 1 spiro atoms. The highest BCUT2D eigenvalue weighted by Gasteiger charge is 2.68. The van der Waals surface area contributed by atoms with E-state index in [0.717, 1.165) is 24.8 Å². The Labute approximate surface area is 170 Å². The van der Waals surface area contributed by atoms with Crippen LogP contribution in [0, 0.1) is 5.92 Å². The lowest BCUT2D eigenvalue weighted by atomic mass is 9.60. The predicted molar refractivity (Wildman–Crippen MR) is 107 cm³/mol. The van der Waals surface area contributed by atoms with E-state index in [4.69, 9.17) is 0 Å². The zero-order chi connectivity index (χ0) is 20.0. The Morgan fingerprint density at radius 3 is 2.38 bits per heavy atom. The quantitative estimate of drug-likeness (QED) is 0.866. The number of hydrogen-bond donors (Lipinski definition) is 1. The summed E-state index contributed by atoms with van der Waals surface area (Å²) < 4.78 is 0. The average Bonchev–Trinajstić information content (AvgIpc) is 2.66. The molecule has 2 atom stereocenters. The maximum atomic E-state index is 13.3. The zero-order valence-corrected chi connectivity index (χ0v) is 16.3. The van der Waals surface area contributed by atoms with E-state index in [0.29, 0.717) is 18.8 Å². The van der Waals surface area contributed by atoms with E-state index in [-0.39, 0.29) is 36.3 Å². The van der Waals surface area contributed by atoms with Crippen molar-refractivity contribution in [1.29, 1.82) is 0 Å². The van der Waals surface area contributed by atoms with E-state index in [1.807, 2.05) is 35.2 Å². The molecule has 2 saturated heterocycles. The number of rotatable bonds is 4. The lowest BCUT2D eigenvalue weighted by molar-refractivity contribution is -0.183. The van der Waals surface area contributed by atoms with Gasteiger partial charge in [-0.25, -0.2) is 0 Å². The normalized spacial score (nSPS) is 25.1. The number of aliphatic hydroxyl groups is 1. The molecule has 6 nitrogen and oxygen atoms in total. The van der Waals surface area contributed by atoms with Crippen LogP contribution in [0.2, 0.25) is 0 Å². The molecule has 6 heteroatoms. The molecule has 2 aromatic rings. The summed E-state index contributed by atoms with van der Waals surface area (Å²) >= 11 is 0. The molecule has 29 heavy (non-hydrogen) atoms. The van der Waals surface area contributed by atoms with Gasteiger partial charge in [0.15, 0.2) is 0 Å². The van der Waals surface area contributed by atoms with Crippen molar-refractivity contribution in [2.75, 3.05) is 19.7 Å². The molecule has 1 N–H and O–H groups in total. The van der Waals surface area contributed by atoms with Gasteiger partial charge in [0, 0.05) is 31.1 Å². The molecule has 1 aromatic carbocycles. The van der Waals surface area contributed by atoms with Gasteiger partial charge in [0.25, 0.3) is 5.91 Å². The molecule has 1 saturated carbocycles. The summed E-state index contributed by atoms with van der Waals surface area (Å²) in [6, 6.07) is 15.0. The van der Waals surface area contributed by atoms with Crippen LogP contribution < -0.4 is 0 Å². The highest BCUT2D eigenvalue weighted by molar-refractivity contribution is 5.95. The molecule has 1 aromatic heterocycles. The third-order valence-electron chi connectivity index (χ3n) is 6.92. The monoisotopic (exact) mass is 391 g/mol. The fourth-order valence-electron chi connectivity index (χ4n) is 5.28. The number of benzene rings is 1. The second kappa shape index (κ2) is 6.95. The molecule has 0 bridgehead atoms. The lowest BCUT2D eigenvalue weighted by Gasteiger charge is -2.70. The highest BCUT2D eigenvalue weighted by Crippen LogP contribution is 2.54. The Bertz CT molecular complexity index is 907. The number of likely N-dealkylation sites (tertiary alicyclic amines) is 2. The summed E-state index contributed by atoms with van der Waals surface area (Å²) in [5.74, 6) is 0.196. The second-order valence-electron chi connectivity index (χ2n) is 8.45. The van der Waals surface area contributed by atoms with Gasteiger partial charge in [-0.05, 0) is 30.5 Å². The maximum absolute atomic E-state index is 13.3. The van der Waals surface area contributed by atoms with Gasteiger partial charge in [0.05, 0.1) is 18.2 Å². The summed E-state index contributed by atoms with van der Waals surface area (Å²) in [7, 11) is 0. The summed E-state index contributed by atoms with van der Waals surface area (Å²) in [6.45, 7) is 0.935. The molecule has 2 aliphatic heterocycles. The van der Waals surface area contributed by atoms with Crippen LogP contribution in [0.15, 0.2) is 54.7 Å². The highest BCUT2D eigenvalue weighted by atomic mass is 16.3. The summed E-state index contributed by atoms with van der Waals surface area (Å²) in [5.41, 5.74) is 1.01. The molecule has 2 amide bonds. The smallest absolute Gasteiger partial charge is 0.273 e. The first-order valence-corrected chi connectivity index (χ1v) is 10.3. The third kappa shape index (κ3) is 2.69. The maximum Gasteiger partial charge on any atom is 0.273 e. The summed E-state index contributed by atoms with van der Waals surface area (Å²) in [4.78, 5) is 34.0. The molecule has 3 fully saturated rings. The van der Waals surface area contributed by atoms with E-state index in [2.05, 4.69) is 4.98 Å². The largest absolute Gasteiger partial charge is 0.394 e. The van der Waals surface area contributed by atoms with Crippen LogP contribution >= 0.6 is 0 Å². The van der Waals surface area contributed by atoms with Gasteiger partial charge in [-0.2, -0.15) is 0 Å². The molecule has 3 aliphatic rings. The Morgan fingerprint density at radius 2 is 1.79 bits per heavy atom. The van der Waals surface area contributed by atoms with Crippen molar-refractivity contribution in [2.45, 2.75) is 36.8 Å². The number of pyridine rings is 1. The number of aromatic nitrogens is 1. The first kappa shape index (κ1) is 18.3. The van der Waals surface area contributed by atoms with Crippen molar-refractivity contribution in [3.63, 3.8) is 0 Å². The number of nitrogens with zero attached hydrogens (tertiary/aromatic N) is 3. The molecule has 0 unspecified atom stereocenters. The van der Waals surface area contributed by atoms with E-state index in [1.165, 1.54) is 0 Å². The minimum Gasteiger partial charge on any atom is -0.394 e. The van der Waals surface area contributed by atoms with Gasteiger partial charge >= 0.3 is 0 Å². The Morgan fingerprint density at radius 1 is 1.07 bits per heavy atom. The molecule has 150 valence electrons. The van der Waals surface area contributed by atoms with Gasteiger partial charge < -0.3 is 14.9 Å². The Kier molecular flexibility index (Phi) is 4.39. The van der Waals surface area contributed by atoms with Crippen LogP contribution in [-0.4, -0.2) is 63.0 Å². The van der Waals surface area contributed by atoms with Crippen molar-refractivity contribution in [3.05, 3.63) is 66.0 Å². The minimum absolute atomic E-state index is 0.00630. The lowest BCUT2D eigenvalue weighted by Crippen LogP contribution is -2.86. The van der Waals surface area contributed by atoms with Crippen LogP contribution in [0.1, 0.15) is 41.2 Å². The van der Waals surface area contributed by atoms with E-state index < -0.39 is 5.54 Å². The Hall–Kier alpha value is -2.73. The van der Waals surface area contributed by atoms with Crippen LogP contribution in [0.4, 0.5) is 0 Å². The van der Waals surface area contributed by atoms with Crippen LogP contribution in [0.3, 0.4) is 0 Å². The van der Waals surface area contributed by atoms with E-state index in [9.17, 15) is 14.7 Å². The molecule has 5 rings (SSSR count). The van der Waals surface area contributed by atoms with Gasteiger partial charge in [-0.15, -0.1) is 0 Å². The minimum atomic E-state index is -0.469. The Balaban J connectivity index is 1.46. The first-order chi connectivity index (χ1) is 14.2. The second-order valence-corrected chi connectivity index (χ2v) is 8.45. The standard InChI is InChI=1S/C23H25N3O3/c27-13-19-20(16-7-2-1-3-8-16)23(14-25(15-23)21(28)17-9-6-10-17)26(19)22(29)18-11-4-5-12-24-18/h1-5,7-8,11-12,17,19-20,27H,6,9-10,13-15H2/t19-,20+/m0/s1. The summed E-state index contributed by atoms with van der Waals surface area (Å²) in [6.07, 6.45) is 4.68. The zero-order valence-electron chi connectivity index (χ0n) is 16.3. The number of hydrogen-bond acceptors (Lipinski definition) is 4. The van der Waals surface area contributed by atoms with Gasteiger partial charge in [0.2, 0.25) is 5.91 Å². The fraction of sp³-hybridized carbons (Fsp3) is 0.435. The van der Waals surface area contributed by atoms with Crippen LogP contribution in [0.5, 0.6) is 0 Å². The van der Waals surface area contributed by atoms with Crippen molar-refractivity contribution in [3.8, 4) is 0 Å². The van der Waals surface area contributed by atoms with Crippen LogP contribution in [0.25, 0.3) is 0 Å². The third-order valence-corrected chi connectivity index (χ3v) is 6.92. The number of aliphatic hydroxyl groups excluding tert-OH is 1.